The van der Waals surface area contributed by atoms with Crippen LogP contribution in [0.5, 0.6) is 0 Å². The first-order chi connectivity index (χ1) is 8.49. The summed E-state index contributed by atoms with van der Waals surface area (Å²) in [5, 5.41) is 0. The Morgan fingerprint density at radius 3 is 2.78 bits per heavy atom. The Labute approximate surface area is 111 Å². The first kappa shape index (κ1) is 13.3. The van der Waals surface area contributed by atoms with Gasteiger partial charge < -0.3 is 0 Å². The molecular formula is C17H24O. The topological polar surface area (TPSA) is 17.1 Å². The smallest absolute Gasteiger partial charge is 0.140 e. The standard InChI is InChI=1S/C17H24O/c1-13-7-6-8-14(11-13)12-16(18)15-9-4-5-10-17(15,2)3/h6-8,11,15H,4-5,9-10,12H2,1-3H3. The number of ketones is 1. The first-order valence-electron chi connectivity index (χ1n) is 7.07. The van der Waals surface area contributed by atoms with Crippen molar-refractivity contribution in [3.8, 4) is 0 Å². The van der Waals surface area contributed by atoms with E-state index in [0.29, 0.717) is 12.2 Å². The summed E-state index contributed by atoms with van der Waals surface area (Å²) < 4.78 is 0. The highest BCUT2D eigenvalue weighted by molar-refractivity contribution is 5.84. The molecule has 2 rings (SSSR count). The average molecular weight is 244 g/mol. The van der Waals surface area contributed by atoms with Crippen LogP contribution in [-0.2, 0) is 11.2 Å². The van der Waals surface area contributed by atoms with Gasteiger partial charge in [-0.3, -0.25) is 4.79 Å². The van der Waals surface area contributed by atoms with E-state index in [9.17, 15) is 4.79 Å². The van der Waals surface area contributed by atoms with Crippen molar-refractivity contribution in [2.75, 3.05) is 0 Å². The molecule has 0 aliphatic heterocycles. The van der Waals surface area contributed by atoms with Gasteiger partial charge in [0.05, 0.1) is 0 Å². The molecule has 1 heteroatoms. The minimum absolute atomic E-state index is 0.194. The van der Waals surface area contributed by atoms with Gasteiger partial charge in [-0.15, -0.1) is 0 Å². The van der Waals surface area contributed by atoms with E-state index >= 15 is 0 Å². The lowest BCUT2D eigenvalue weighted by molar-refractivity contribution is -0.127. The van der Waals surface area contributed by atoms with Crippen LogP contribution in [0.1, 0.15) is 50.7 Å². The van der Waals surface area contributed by atoms with Crippen LogP contribution in [0, 0.1) is 18.3 Å². The molecule has 1 atom stereocenters. The Hall–Kier alpha value is -1.11. The van der Waals surface area contributed by atoms with E-state index in [1.165, 1.54) is 30.4 Å². The fourth-order valence-electron chi connectivity index (χ4n) is 3.24. The van der Waals surface area contributed by atoms with Gasteiger partial charge in [0.25, 0.3) is 0 Å². The van der Waals surface area contributed by atoms with Gasteiger partial charge in [-0.1, -0.05) is 56.5 Å². The third-order valence-electron chi connectivity index (χ3n) is 4.36. The molecule has 1 aliphatic rings. The van der Waals surface area contributed by atoms with E-state index in [1.54, 1.807) is 0 Å². The minimum atomic E-state index is 0.194. The lowest BCUT2D eigenvalue weighted by Crippen LogP contribution is -2.34. The van der Waals surface area contributed by atoms with Crippen LogP contribution in [0.2, 0.25) is 0 Å². The van der Waals surface area contributed by atoms with Crippen molar-refractivity contribution in [3.05, 3.63) is 35.4 Å². The Bertz CT molecular complexity index is 431. The number of hydrogen-bond donors (Lipinski definition) is 0. The molecule has 0 heterocycles. The lowest BCUT2D eigenvalue weighted by Gasteiger charge is -2.37. The Balaban J connectivity index is 2.07. The van der Waals surface area contributed by atoms with Gasteiger partial charge in [0.2, 0.25) is 0 Å². The number of carbonyl (C=O) groups excluding carboxylic acids is 1. The number of rotatable bonds is 3. The first-order valence-corrected chi connectivity index (χ1v) is 7.07. The second kappa shape index (κ2) is 5.26. The number of hydrogen-bond acceptors (Lipinski definition) is 1. The monoisotopic (exact) mass is 244 g/mol. The Morgan fingerprint density at radius 2 is 2.11 bits per heavy atom. The molecule has 18 heavy (non-hydrogen) atoms. The molecule has 0 aromatic heterocycles. The molecule has 0 bridgehead atoms. The quantitative estimate of drug-likeness (QED) is 0.773. The molecule has 1 aliphatic carbocycles. The predicted molar refractivity (Wildman–Crippen MR) is 75.6 cm³/mol. The van der Waals surface area contributed by atoms with Crippen LogP contribution < -0.4 is 0 Å². The second-order valence-electron chi connectivity index (χ2n) is 6.42. The lowest BCUT2D eigenvalue weighted by atomic mass is 9.66. The highest BCUT2D eigenvalue weighted by Crippen LogP contribution is 2.41. The third kappa shape index (κ3) is 3.01. The van der Waals surface area contributed by atoms with Crippen molar-refractivity contribution in [2.45, 2.75) is 52.9 Å². The highest BCUT2D eigenvalue weighted by atomic mass is 16.1. The molecule has 0 saturated heterocycles. The van der Waals surface area contributed by atoms with Gasteiger partial charge in [-0.05, 0) is 30.7 Å². The fraction of sp³-hybridized carbons (Fsp3) is 0.588. The molecule has 1 fully saturated rings. The zero-order chi connectivity index (χ0) is 13.2. The zero-order valence-corrected chi connectivity index (χ0v) is 11.8. The molecule has 1 nitrogen and oxygen atoms in total. The van der Waals surface area contributed by atoms with Crippen LogP contribution in [0.15, 0.2) is 24.3 Å². The summed E-state index contributed by atoms with van der Waals surface area (Å²) in [6.07, 6.45) is 5.37. The van der Waals surface area contributed by atoms with E-state index in [4.69, 9.17) is 0 Å². The van der Waals surface area contributed by atoms with Gasteiger partial charge in [0.1, 0.15) is 5.78 Å². The van der Waals surface area contributed by atoms with Crippen molar-refractivity contribution < 1.29 is 4.79 Å². The zero-order valence-electron chi connectivity index (χ0n) is 11.8. The molecule has 0 amide bonds. The van der Waals surface area contributed by atoms with Gasteiger partial charge >= 0.3 is 0 Å². The maximum Gasteiger partial charge on any atom is 0.140 e. The van der Waals surface area contributed by atoms with E-state index in [0.717, 1.165) is 6.42 Å². The Kier molecular flexibility index (Phi) is 3.89. The van der Waals surface area contributed by atoms with Gasteiger partial charge in [-0.25, -0.2) is 0 Å². The van der Waals surface area contributed by atoms with Crippen LogP contribution >= 0.6 is 0 Å². The fourth-order valence-corrected chi connectivity index (χ4v) is 3.24. The third-order valence-corrected chi connectivity index (χ3v) is 4.36. The van der Waals surface area contributed by atoms with Crippen molar-refractivity contribution in [1.82, 2.24) is 0 Å². The molecular weight excluding hydrogens is 220 g/mol. The normalized spacial score (nSPS) is 22.7. The molecule has 98 valence electrons. The van der Waals surface area contributed by atoms with Crippen molar-refractivity contribution in [2.24, 2.45) is 11.3 Å². The number of carbonyl (C=O) groups is 1. The molecule has 1 unspecified atom stereocenters. The SMILES string of the molecule is Cc1cccc(CC(=O)C2CCCCC2(C)C)c1. The molecule has 0 spiro atoms. The van der Waals surface area contributed by atoms with Crippen LogP contribution in [-0.4, -0.2) is 5.78 Å². The molecule has 0 radical (unpaired) electrons. The maximum absolute atomic E-state index is 12.5. The summed E-state index contributed by atoms with van der Waals surface area (Å²) in [4.78, 5) is 12.5. The summed E-state index contributed by atoms with van der Waals surface area (Å²) >= 11 is 0. The largest absolute Gasteiger partial charge is 0.299 e. The van der Waals surface area contributed by atoms with E-state index in [-0.39, 0.29) is 11.3 Å². The number of benzene rings is 1. The van der Waals surface area contributed by atoms with Crippen molar-refractivity contribution >= 4 is 5.78 Å². The summed E-state index contributed by atoms with van der Waals surface area (Å²) in [5.74, 6) is 0.692. The summed E-state index contributed by atoms with van der Waals surface area (Å²) in [5.41, 5.74) is 2.60. The predicted octanol–water partition coefficient (Wildman–Crippen LogP) is 4.32. The average Bonchev–Trinajstić information content (AvgIpc) is 2.28. The minimum Gasteiger partial charge on any atom is -0.299 e. The molecule has 1 saturated carbocycles. The molecule has 1 aromatic carbocycles. The van der Waals surface area contributed by atoms with Crippen molar-refractivity contribution in [3.63, 3.8) is 0 Å². The van der Waals surface area contributed by atoms with E-state index in [1.807, 2.05) is 6.07 Å². The maximum atomic E-state index is 12.5. The van der Waals surface area contributed by atoms with Crippen LogP contribution in [0.3, 0.4) is 0 Å². The van der Waals surface area contributed by atoms with Crippen molar-refractivity contribution in [1.29, 1.82) is 0 Å². The Morgan fingerprint density at radius 1 is 1.33 bits per heavy atom. The van der Waals surface area contributed by atoms with Crippen LogP contribution in [0.25, 0.3) is 0 Å². The van der Waals surface area contributed by atoms with E-state index < -0.39 is 0 Å². The van der Waals surface area contributed by atoms with Gasteiger partial charge in [0, 0.05) is 12.3 Å². The molecule has 1 aromatic rings. The number of Topliss-reactive ketones (excluding diaryl/α,β-unsaturated/α-hetero) is 1. The van der Waals surface area contributed by atoms with Gasteiger partial charge in [-0.2, -0.15) is 0 Å². The molecule has 0 N–H and O–H groups in total. The highest BCUT2D eigenvalue weighted by Gasteiger charge is 2.36. The summed E-state index contributed by atoms with van der Waals surface area (Å²) in [6, 6.07) is 8.33. The van der Waals surface area contributed by atoms with E-state index in [2.05, 4.69) is 39.0 Å². The summed E-state index contributed by atoms with van der Waals surface area (Å²) in [6.45, 7) is 6.59. The number of aryl methyl sites for hydroxylation is 1. The van der Waals surface area contributed by atoms with Gasteiger partial charge in [0.15, 0.2) is 0 Å². The summed E-state index contributed by atoms with van der Waals surface area (Å²) in [7, 11) is 0. The second-order valence-corrected chi connectivity index (χ2v) is 6.42. The van der Waals surface area contributed by atoms with Crippen LogP contribution in [0.4, 0.5) is 0 Å².